The molecule has 0 aliphatic carbocycles. The SMILES string of the molecule is CCOc1ccc(NC(=O)N(C/C(C)=C/c2ccccc2)CC(C)C)cc1. The highest BCUT2D eigenvalue weighted by molar-refractivity contribution is 5.89. The van der Waals surface area contributed by atoms with Gasteiger partial charge in [-0.1, -0.05) is 55.8 Å². The van der Waals surface area contributed by atoms with Crippen molar-refractivity contribution < 1.29 is 9.53 Å². The molecule has 4 heteroatoms. The lowest BCUT2D eigenvalue weighted by Gasteiger charge is -2.25. The molecule has 0 radical (unpaired) electrons. The molecule has 0 spiro atoms. The fourth-order valence-electron chi connectivity index (χ4n) is 2.84. The molecule has 2 aromatic rings. The van der Waals surface area contributed by atoms with Gasteiger partial charge in [-0.25, -0.2) is 4.79 Å². The van der Waals surface area contributed by atoms with Crippen LogP contribution in [0.5, 0.6) is 5.75 Å². The van der Waals surface area contributed by atoms with Gasteiger partial charge in [-0.2, -0.15) is 0 Å². The lowest BCUT2D eigenvalue weighted by atomic mass is 10.1. The van der Waals surface area contributed by atoms with Crippen molar-refractivity contribution in [3.05, 3.63) is 65.7 Å². The summed E-state index contributed by atoms with van der Waals surface area (Å²) in [7, 11) is 0. The summed E-state index contributed by atoms with van der Waals surface area (Å²) < 4.78 is 5.44. The van der Waals surface area contributed by atoms with Crippen molar-refractivity contribution in [2.24, 2.45) is 5.92 Å². The van der Waals surface area contributed by atoms with Crippen molar-refractivity contribution in [1.82, 2.24) is 4.90 Å². The summed E-state index contributed by atoms with van der Waals surface area (Å²) >= 11 is 0. The van der Waals surface area contributed by atoms with Gasteiger partial charge < -0.3 is 15.0 Å². The van der Waals surface area contributed by atoms with Crippen LogP contribution in [-0.4, -0.2) is 30.6 Å². The van der Waals surface area contributed by atoms with Crippen molar-refractivity contribution in [2.75, 3.05) is 25.0 Å². The Kier molecular flexibility index (Phi) is 7.93. The van der Waals surface area contributed by atoms with E-state index in [0.29, 0.717) is 25.6 Å². The van der Waals surface area contributed by atoms with E-state index < -0.39 is 0 Å². The highest BCUT2D eigenvalue weighted by Crippen LogP contribution is 2.17. The molecule has 0 heterocycles. The van der Waals surface area contributed by atoms with E-state index in [1.54, 1.807) is 0 Å². The van der Waals surface area contributed by atoms with E-state index in [1.807, 2.05) is 54.3 Å². The topological polar surface area (TPSA) is 41.6 Å². The molecule has 2 rings (SSSR count). The minimum atomic E-state index is -0.0892. The summed E-state index contributed by atoms with van der Waals surface area (Å²) in [5.41, 5.74) is 3.05. The minimum Gasteiger partial charge on any atom is -0.494 e. The van der Waals surface area contributed by atoms with Gasteiger partial charge >= 0.3 is 6.03 Å². The molecular formula is C23H30N2O2. The molecule has 0 fully saturated rings. The molecule has 27 heavy (non-hydrogen) atoms. The van der Waals surface area contributed by atoms with Crippen LogP contribution in [0.2, 0.25) is 0 Å². The van der Waals surface area contributed by atoms with Gasteiger partial charge in [-0.15, -0.1) is 0 Å². The van der Waals surface area contributed by atoms with E-state index in [-0.39, 0.29) is 6.03 Å². The van der Waals surface area contributed by atoms with Crippen LogP contribution in [0.1, 0.15) is 33.3 Å². The Morgan fingerprint density at radius 1 is 1.11 bits per heavy atom. The Balaban J connectivity index is 2.05. The zero-order chi connectivity index (χ0) is 19.6. The van der Waals surface area contributed by atoms with Crippen molar-refractivity contribution in [3.63, 3.8) is 0 Å². The summed E-state index contributed by atoms with van der Waals surface area (Å²) in [4.78, 5) is 14.7. The molecule has 0 atom stereocenters. The predicted molar refractivity (Wildman–Crippen MR) is 113 cm³/mol. The second-order valence-corrected chi connectivity index (χ2v) is 7.06. The summed E-state index contributed by atoms with van der Waals surface area (Å²) in [5, 5.41) is 2.99. The molecule has 144 valence electrons. The van der Waals surface area contributed by atoms with E-state index in [4.69, 9.17) is 4.74 Å². The number of urea groups is 1. The van der Waals surface area contributed by atoms with E-state index in [2.05, 4.69) is 44.3 Å². The van der Waals surface area contributed by atoms with Crippen LogP contribution in [0.15, 0.2) is 60.2 Å². The van der Waals surface area contributed by atoms with Crippen LogP contribution in [0.25, 0.3) is 6.08 Å². The standard InChI is InChI=1S/C23H30N2O2/c1-5-27-22-13-11-21(12-14-22)24-23(26)25(16-18(2)3)17-19(4)15-20-9-7-6-8-10-20/h6-15,18H,5,16-17H2,1-4H3,(H,24,26)/b19-15+. The van der Waals surface area contributed by atoms with Crippen LogP contribution in [0, 0.1) is 5.92 Å². The lowest BCUT2D eigenvalue weighted by Crippen LogP contribution is -2.38. The summed E-state index contributed by atoms with van der Waals surface area (Å²) in [6.45, 7) is 10.2. The Morgan fingerprint density at radius 3 is 2.37 bits per heavy atom. The number of amides is 2. The number of ether oxygens (including phenoxy) is 1. The van der Waals surface area contributed by atoms with Crippen LogP contribution >= 0.6 is 0 Å². The molecule has 4 nitrogen and oxygen atoms in total. The molecule has 2 amide bonds. The van der Waals surface area contributed by atoms with Crippen molar-refractivity contribution in [3.8, 4) is 5.75 Å². The van der Waals surface area contributed by atoms with Gasteiger partial charge in [-0.05, 0) is 49.6 Å². The maximum Gasteiger partial charge on any atom is 0.322 e. The third-order valence-corrected chi connectivity index (χ3v) is 3.94. The van der Waals surface area contributed by atoms with E-state index in [1.165, 1.54) is 0 Å². The number of hydrogen-bond donors (Lipinski definition) is 1. The predicted octanol–water partition coefficient (Wildman–Crippen LogP) is 5.68. The molecule has 2 aromatic carbocycles. The molecule has 0 saturated carbocycles. The zero-order valence-electron chi connectivity index (χ0n) is 16.7. The second-order valence-electron chi connectivity index (χ2n) is 7.06. The second kappa shape index (κ2) is 10.4. The van der Waals surface area contributed by atoms with Crippen molar-refractivity contribution in [2.45, 2.75) is 27.7 Å². The fraction of sp³-hybridized carbons (Fsp3) is 0.348. The lowest BCUT2D eigenvalue weighted by molar-refractivity contribution is 0.209. The molecule has 0 saturated heterocycles. The number of carbonyl (C=O) groups excluding carboxylic acids is 1. The maximum absolute atomic E-state index is 12.8. The molecule has 0 aliphatic heterocycles. The normalized spacial score (nSPS) is 11.4. The largest absolute Gasteiger partial charge is 0.494 e. The Morgan fingerprint density at radius 2 is 1.78 bits per heavy atom. The number of carbonyl (C=O) groups is 1. The van der Waals surface area contributed by atoms with E-state index in [0.717, 1.165) is 22.6 Å². The van der Waals surface area contributed by atoms with E-state index in [9.17, 15) is 4.79 Å². The van der Waals surface area contributed by atoms with Crippen LogP contribution in [0.3, 0.4) is 0 Å². The summed E-state index contributed by atoms with van der Waals surface area (Å²) in [5.74, 6) is 1.19. The van der Waals surface area contributed by atoms with Crippen LogP contribution in [-0.2, 0) is 0 Å². The Bertz CT molecular complexity index is 737. The summed E-state index contributed by atoms with van der Waals surface area (Å²) in [6.07, 6.45) is 2.12. The number of hydrogen-bond acceptors (Lipinski definition) is 2. The Labute approximate surface area is 162 Å². The van der Waals surface area contributed by atoms with Crippen LogP contribution in [0.4, 0.5) is 10.5 Å². The highest BCUT2D eigenvalue weighted by atomic mass is 16.5. The van der Waals surface area contributed by atoms with Gasteiger partial charge in [0.25, 0.3) is 0 Å². The monoisotopic (exact) mass is 366 g/mol. The molecule has 0 aliphatic rings. The molecule has 1 N–H and O–H groups in total. The number of nitrogens with one attached hydrogen (secondary N) is 1. The fourth-order valence-corrected chi connectivity index (χ4v) is 2.84. The summed E-state index contributed by atoms with van der Waals surface area (Å²) in [6, 6.07) is 17.5. The number of benzene rings is 2. The third kappa shape index (κ3) is 7.18. The average molecular weight is 367 g/mol. The van der Waals surface area contributed by atoms with Crippen LogP contribution < -0.4 is 10.1 Å². The highest BCUT2D eigenvalue weighted by Gasteiger charge is 2.15. The third-order valence-electron chi connectivity index (χ3n) is 3.94. The first-order chi connectivity index (χ1) is 13.0. The molecular weight excluding hydrogens is 336 g/mol. The van der Waals surface area contributed by atoms with Gasteiger partial charge in [-0.3, -0.25) is 0 Å². The minimum absolute atomic E-state index is 0.0892. The molecule has 0 aromatic heterocycles. The first-order valence-electron chi connectivity index (χ1n) is 9.49. The van der Waals surface area contributed by atoms with E-state index >= 15 is 0 Å². The molecule has 0 unspecified atom stereocenters. The maximum atomic E-state index is 12.8. The molecule has 0 bridgehead atoms. The first-order valence-corrected chi connectivity index (χ1v) is 9.49. The smallest absolute Gasteiger partial charge is 0.322 e. The van der Waals surface area contributed by atoms with Gasteiger partial charge in [0.15, 0.2) is 0 Å². The van der Waals surface area contributed by atoms with Gasteiger partial charge in [0.2, 0.25) is 0 Å². The average Bonchev–Trinajstić information content (AvgIpc) is 2.63. The number of nitrogens with zero attached hydrogens (tertiary/aromatic N) is 1. The quantitative estimate of drug-likeness (QED) is 0.653. The first kappa shape index (κ1) is 20.6. The van der Waals surface area contributed by atoms with Crippen molar-refractivity contribution >= 4 is 17.8 Å². The van der Waals surface area contributed by atoms with Gasteiger partial charge in [0.05, 0.1) is 6.61 Å². The zero-order valence-corrected chi connectivity index (χ0v) is 16.7. The Hall–Kier alpha value is -2.75. The van der Waals surface area contributed by atoms with Crippen molar-refractivity contribution in [1.29, 1.82) is 0 Å². The number of anilines is 1. The number of rotatable bonds is 8. The van der Waals surface area contributed by atoms with Gasteiger partial charge in [0.1, 0.15) is 5.75 Å². The van der Waals surface area contributed by atoms with Gasteiger partial charge in [0, 0.05) is 18.8 Å².